The van der Waals surface area contributed by atoms with E-state index in [0.29, 0.717) is 12.8 Å². The van der Waals surface area contributed by atoms with Crippen molar-refractivity contribution in [3.8, 4) is 0 Å². The van der Waals surface area contributed by atoms with Crippen LogP contribution in [-0.4, -0.2) is 37.2 Å². The summed E-state index contributed by atoms with van der Waals surface area (Å²) in [6.45, 7) is 6.31. The van der Waals surface area contributed by atoms with Gasteiger partial charge in [0.25, 0.3) is 0 Å². The highest BCUT2D eigenvalue weighted by Crippen LogP contribution is 2.14. The van der Waals surface area contributed by atoms with Crippen LogP contribution in [0.15, 0.2) is 109 Å². The Labute approximate surface area is 406 Å². The fourth-order valence-electron chi connectivity index (χ4n) is 7.07. The minimum atomic E-state index is -0.806. The smallest absolute Gasteiger partial charge is 0.306 e. The Balaban J connectivity index is 4.45. The molecule has 0 N–H and O–H groups in total. The van der Waals surface area contributed by atoms with Gasteiger partial charge < -0.3 is 14.2 Å². The maximum atomic E-state index is 12.8. The second-order valence-corrected chi connectivity index (χ2v) is 17.5. The highest BCUT2D eigenvalue weighted by atomic mass is 16.6. The van der Waals surface area contributed by atoms with Gasteiger partial charge >= 0.3 is 17.9 Å². The van der Waals surface area contributed by atoms with Gasteiger partial charge in [0.05, 0.1) is 0 Å². The highest BCUT2D eigenvalue weighted by Gasteiger charge is 2.19. The summed E-state index contributed by atoms with van der Waals surface area (Å²) in [6, 6.07) is 0. The second-order valence-electron chi connectivity index (χ2n) is 17.5. The number of esters is 3. The van der Waals surface area contributed by atoms with Gasteiger partial charge in [0, 0.05) is 19.3 Å². The van der Waals surface area contributed by atoms with Crippen LogP contribution >= 0.6 is 0 Å². The summed E-state index contributed by atoms with van der Waals surface area (Å²) in [4.78, 5) is 38.1. The third-order valence-electron chi connectivity index (χ3n) is 11.1. The average molecular weight is 915 g/mol. The molecule has 0 aromatic rings. The van der Waals surface area contributed by atoms with E-state index in [1.165, 1.54) is 77.0 Å². The first kappa shape index (κ1) is 62.1. The topological polar surface area (TPSA) is 78.9 Å². The molecule has 1 atom stereocenters. The summed E-state index contributed by atoms with van der Waals surface area (Å²) >= 11 is 0. The van der Waals surface area contributed by atoms with E-state index in [1.54, 1.807) is 0 Å². The Hall–Kier alpha value is -3.93. The lowest BCUT2D eigenvalue weighted by Gasteiger charge is -2.18. The third-order valence-corrected chi connectivity index (χ3v) is 11.1. The molecular weight excluding hydrogens is 817 g/mol. The molecule has 0 radical (unpaired) electrons. The number of carbonyl (C=O) groups excluding carboxylic acids is 3. The quantitative estimate of drug-likeness (QED) is 0.0199. The highest BCUT2D eigenvalue weighted by molar-refractivity contribution is 5.71. The zero-order valence-electron chi connectivity index (χ0n) is 42.7. The first-order valence-corrected chi connectivity index (χ1v) is 26.9. The largest absolute Gasteiger partial charge is 0.462 e. The molecule has 0 aliphatic heterocycles. The van der Waals surface area contributed by atoms with Crippen molar-refractivity contribution in [1.29, 1.82) is 0 Å². The van der Waals surface area contributed by atoms with Gasteiger partial charge in [0.1, 0.15) is 13.2 Å². The van der Waals surface area contributed by atoms with Crippen molar-refractivity contribution in [1.82, 2.24) is 0 Å². The average Bonchev–Trinajstić information content (AvgIpc) is 3.31. The minimum Gasteiger partial charge on any atom is -0.462 e. The second kappa shape index (κ2) is 53.7. The summed E-state index contributed by atoms with van der Waals surface area (Å²) in [5.41, 5.74) is 0. The zero-order chi connectivity index (χ0) is 47.9. The fraction of sp³-hybridized carbons (Fsp3) is 0.650. The molecular formula is C60H98O6. The van der Waals surface area contributed by atoms with Crippen molar-refractivity contribution in [2.75, 3.05) is 13.2 Å². The van der Waals surface area contributed by atoms with Crippen LogP contribution in [0.1, 0.15) is 233 Å². The van der Waals surface area contributed by atoms with Crippen LogP contribution in [0.25, 0.3) is 0 Å². The molecule has 6 heteroatoms. The number of ether oxygens (including phenoxy) is 3. The van der Waals surface area contributed by atoms with Crippen molar-refractivity contribution >= 4 is 17.9 Å². The van der Waals surface area contributed by atoms with Crippen LogP contribution in [0.3, 0.4) is 0 Å². The number of rotatable bonds is 47. The van der Waals surface area contributed by atoms with E-state index < -0.39 is 6.10 Å². The van der Waals surface area contributed by atoms with Gasteiger partial charge in [-0.05, 0) is 103 Å². The normalized spacial score (nSPS) is 13.0. The molecule has 0 bridgehead atoms. The van der Waals surface area contributed by atoms with Crippen molar-refractivity contribution in [3.63, 3.8) is 0 Å². The minimum absolute atomic E-state index is 0.101. The van der Waals surface area contributed by atoms with Crippen LogP contribution in [0.2, 0.25) is 0 Å². The Morgan fingerprint density at radius 1 is 0.333 bits per heavy atom. The lowest BCUT2D eigenvalue weighted by molar-refractivity contribution is -0.167. The van der Waals surface area contributed by atoms with Crippen LogP contribution in [0.5, 0.6) is 0 Å². The molecule has 6 nitrogen and oxygen atoms in total. The first-order chi connectivity index (χ1) is 32.5. The van der Waals surface area contributed by atoms with Crippen LogP contribution in [0, 0.1) is 0 Å². The SMILES string of the molecule is CC\C=C/C=C\C=C/CCCCCCCC(=O)OCC(COC(=O)CCCCCCCCCCCC/C=C\C=C/CCCCC)OC(=O)CCCCC/C=C\C/C=C\C/C=C\C/C=C\CC. The van der Waals surface area contributed by atoms with Gasteiger partial charge in [-0.15, -0.1) is 0 Å². The molecule has 0 amide bonds. The number of allylic oxidation sites excluding steroid dienone is 18. The molecule has 0 heterocycles. The Kier molecular flexibility index (Phi) is 50.5. The Bertz CT molecular complexity index is 1370. The molecule has 0 rings (SSSR count). The van der Waals surface area contributed by atoms with Crippen molar-refractivity contribution in [2.45, 2.75) is 239 Å². The molecule has 0 saturated heterocycles. The lowest BCUT2D eigenvalue weighted by Crippen LogP contribution is -2.30. The Morgan fingerprint density at radius 2 is 0.667 bits per heavy atom. The van der Waals surface area contributed by atoms with Gasteiger partial charge in [-0.1, -0.05) is 220 Å². The van der Waals surface area contributed by atoms with E-state index in [1.807, 2.05) is 0 Å². The van der Waals surface area contributed by atoms with Gasteiger partial charge in [-0.3, -0.25) is 14.4 Å². The van der Waals surface area contributed by atoms with Gasteiger partial charge in [-0.2, -0.15) is 0 Å². The van der Waals surface area contributed by atoms with E-state index in [-0.39, 0.29) is 37.5 Å². The van der Waals surface area contributed by atoms with Crippen molar-refractivity contribution in [2.24, 2.45) is 0 Å². The van der Waals surface area contributed by atoms with E-state index in [0.717, 1.165) is 116 Å². The third kappa shape index (κ3) is 51.1. The predicted octanol–water partition coefficient (Wildman–Crippen LogP) is 17.9. The number of carbonyl (C=O) groups is 3. The molecule has 0 saturated carbocycles. The molecule has 0 aromatic heterocycles. The molecule has 66 heavy (non-hydrogen) atoms. The van der Waals surface area contributed by atoms with E-state index in [4.69, 9.17) is 14.2 Å². The van der Waals surface area contributed by atoms with Crippen LogP contribution < -0.4 is 0 Å². The molecule has 0 fully saturated rings. The maximum Gasteiger partial charge on any atom is 0.306 e. The molecule has 0 aliphatic rings. The molecule has 374 valence electrons. The fourth-order valence-corrected chi connectivity index (χ4v) is 7.07. The first-order valence-electron chi connectivity index (χ1n) is 26.9. The van der Waals surface area contributed by atoms with Gasteiger partial charge in [0.15, 0.2) is 6.10 Å². The standard InChI is InChI=1S/C60H98O6/c1-4-7-10-13-16-19-22-25-27-29-30-31-33-35-38-41-44-47-50-53-59(62)65-56-57(55-64-58(61)52-49-46-43-40-37-34-24-21-18-15-12-9-6-3)66-60(63)54-51-48-45-42-39-36-32-28-26-23-20-17-14-11-8-5-2/h8-9,11-12,15-22,24-26,28,36,39,57H,4-7,10,13-14,23,27,29-35,37-38,40-56H2,1-3H3/b11-8-,12-9-,18-15-,19-16-,20-17-,24-21-,25-22-,28-26-,39-36-. The van der Waals surface area contributed by atoms with Crippen molar-refractivity contribution < 1.29 is 28.6 Å². The summed E-state index contributed by atoms with van der Waals surface area (Å²) in [7, 11) is 0. The van der Waals surface area contributed by atoms with Crippen molar-refractivity contribution in [3.05, 3.63) is 109 Å². The van der Waals surface area contributed by atoms with E-state index >= 15 is 0 Å². The number of hydrogen-bond acceptors (Lipinski definition) is 6. The monoisotopic (exact) mass is 915 g/mol. The zero-order valence-corrected chi connectivity index (χ0v) is 42.7. The summed E-state index contributed by atoms with van der Waals surface area (Å²) in [5.74, 6) is -0.961. The Morgan fingerprint density at radius 3 is 1.12 bits per heavy atom. The number of unbranched alkanes of at least 4 members (excludes halogenated alkanes) is 21. The summed E-state index contributed by atoms with van der Waals surface area (Å²) < 4.78 is 16.8. The number of hydrogen-bond donors (Lipinski definition) is 0. The van der Waals surface area contributed by atoms with Crippen LogP contribution in [-0.2, 0) is 28.6 Å². The lowest BCUT2D eigenvalue weighted by atomic mass is 10.1. The van der Waals surface area contributed by atoms with Gasteiger partial charge in [-0.25, -0.2) is 0 Å². The van der Waals surface area contributed by atoms with E-state index in [9.17, 15) is 14.4 Å². The molecule has 0 aliphatic carbocycles. The van der Waals surface area contributed by atoms with Crippen LogP contribution in [0.4, 0.5) is 0 Å². The maximum absolute atomic E-state index is 12.8. The molecule has 0 aromatic carbocycles. The summed E-state index contributed by atoms with van der Waals surface area (Å²) in [5, 5.41) is 0. The molecule has 1 unspecified atom stereocenters. The summed E-state index contributed by atoms with van der Waals surface area (Å²) in [6.07, 6.45) is 72.2. The van der Waals surface area contributed by atoms with Gasteiger partial charge in [0.2, 0.25) is 0 Å². The molecule has 0 spiro atoms. The van der Waals surface area contributed by atoms with E-state index in [2.05, 4.69) is 130 Å². The predicted molar refractivity (Wildman–Crippen MR) is 283 cm³/mol.